The van der Waals surface area contributed by atoms with E-state index in [1.165, 1.54) is 33.0 Å². The Kier molecular flexibility index (Phi) is 5.06. The van der Waals surface area contributed by atoms with Crippen LogP contribution < -0.4 is 0 Å². The van der Waals surface area contributed by atoms with Crippen LogP contribution in [0.15, 0.2) is 138 Å². The summed E-state index contributed by atoms with van der Waals surface area (Å²) in [6.45, 7) is 4.63. The van der Waals surface area contributed by atoms with Gasteiger partial charge in [-0.3, -0.25) is 0 Å². The molecule has 7 aromatic carbocycles. The van der Waals surface area contributed by atoms with Crippen molar-refractivity contribution in [3.8, 4) is 33.8 Å². The monoisotopic (exact) mass is 588 g/mol. The van der Waals surface area contributed by atoms with Crippen molar-refractivity contribution in [2.45, 2.75) is 19.3 Å². The molecule has 0 saturated heterocycles. The minimum Gasteiger partial charge on any atom is -0.455 e. The summed E-state index contributed by atoms with van der Waals surface area (Å²) >= 11 is 0. The van der Waals surface area contributed by atoms with Gasteiger partial charge in [-0.1, -0.05) is 123 Å². The van der Waals surface area contributed by atoms with Gasteiger partial charge < -0.3 is 4.42 Å². The van der Waals surface area contributed by atoms with E-state index in [0.29, 0.717) is 5.82 Å². The van der Waals surface area contributed by atoms with Gasteiger partial charge in [0.25, 0.3) is 0 Å². The summed E-state index contributed by atoms with van der Waals surface area (Å²) in [6.07, 6.45) is 0. The van der Waals surface area contributed by atoms with Gasteiger partial charge in [0, 0.05) is 32.7 Å². The third-order valence-electron chi connectivity index (χ3n) is 10.1. The molecule has 0 fully saturated rings. The predicted molar refractivity (Wildman–Crippen MR) is 190 cm³/mol. The van der Waals surface area contributed by atoms with Gasteiger partial charge in [-0.2, -0.15) is 0 Å². The summed E-state index contributed by atoms with van der Waals surface area (Å²) < 4.78 is 6.60. The fraction of sp³-hybridized carbons (Fsp3) is 0.0698. The minimum absolute atomic E-state index is 0.119. The third kappa shape index (κ3) is 3.43. The van der Waals surface area contributed by atoms with Crippen molar-refractivity contribution in [3.05, 3.63) is 145 Å². The molecule has 216 valence electrons. The van der Waals surface area contributed by atoms with Gasteiger partial charge >= 0.3 is 0 Å². The zero-order valence-corrected chi connectivity index (χ0v) is 25.5. The van der Waals surface area contributed by atoms with Crippen molar-refractivity contribution in [3.63, 3.8) is 0 Å². The van der Waals surface area contributed by atoms with E-state index in [1.54, 1.807) is 0 Å². The fourth-order valence-corrected chi connectivity index (χ4v) is 7.79. The van der Waals surface area contributed by atoms with Crippen LogP contribution in [0.1, 0.15) is 25.0 Å². The molecule has 0 saturated carbocycles. The second kappa shape index (κ2) is 9.12. The van der Waals surface area contributed by atoms with Gasteiger partial charge in [0.15, 0.2) is 5.82 Å². The molecular weight excluding hydrogens is 560 g/mol. The molecular formula is C43H28N2O. The van der Waals surface area contributed by atoms with Crippen LogP contribution in [0.2, 0.25) is 0 Å². The molecule has 1 aliphatic carbocycles. The lowest BCUT2D eigenvalue weighted by Crippen LogP contribution is -2.15. The zero-order valence-electron chi connectivity index (χ0n) is 25.5. The molecule has 9 aromatic rings. The number of rotatable bonds is 2. The van der Waals surface area contributed by atoms with Crippen LogP contribution in [-0.2, 0) is 5.41 Å². The van der Waals surface area contributed by atoms with Crippen molar-refractivity contribution in [2.75, 3.05) is 0 Å². The van der Waals surface area contributed by atoms with Crippen molar-refractivity contribution < 1.29 is 4.42 Å². The highest BCUT2D eigenvalue weighted by atomic mass is 16.3. The van der Waals surface area contributed by atoms with Crippen LogP contribution in [0.4, 0.5) is 0 Å². The average molecular weight is 589 g/mol. The Bertz CT molecular complexity index is 2730. The Labute approximate surface area is 265 Å². The molecule has 0 radical (unpaired) electrons. The van der Waals surface area contributed by atoms with Crippen LogP contribution in [0.3, 0.4) is 0 Å². The molecule has 0 bridgehead atoms. The Balaban J connectivity index is 1.31. The Morgan fingerprint density at radius 2 is 1.22 bits per heavy atom. The quantitative estimate of drug-likeness (QED) is 0.202. The third-order valence-corrected chi connectivity index (χ3v) is 10.1. The smallest absolute Gasteiger partial charge is 0.160 e. The summed E-state index contributed by atoms with van der Waals surface area (Å²) in [5.74, 6) is 0.715. The zero-order chi connectivity index (χ0) is 30.6. The molecule has 2 heterocycles. The van der Waals surface area contributed by atoms with E-state index >= 15 is 0 Å². The lowest BCUT2D eigenvalue weighted by atomic mass is 9.82. The summed E-state index contributed by atoms with van der Waals surface area (Å²) in [5, 5.41) is 7.73. The van der Waals surface area contributed by atoms with Crippen LogP contribution >= 0.6 is 0 Å². The lowest BCUT2D eigenvalue weighted by molar-refractivity contribution is 0.660. The van der Waals surface area contributed by atoms with Crippen molar-refractivity contribution in [2.24, 2.45) is 0 Å². The summed E-state index contributed by atoms with van der Waals surface area (Å²) in [7, 11) is 0. The number of aromatic nitrogens is 2. The molecule has 0 amide bonds. The highest BCUT2D eigenvalue weighted by Crippen LogP contribution is 2.49. The van der Waals surface area contributed by atoms with Crippen LogP contribution in [0.5, 0.6) is 0 Å². The first-order chi connectivity index (χ1) is 22.6. The second-order valence-electron chi connectivity index (χ2n) is 13.0. The first-order valence-corrected chi connectivity index (χ1v) is 15.8. The molecule has 10 rings (SSSR count). The Morgan fingerprint density at radius 3 is 2.11 bits per heavy atom. The molecule has 0 spiro atoms. The summed E-state index contributed by atoms with van der Waals surface area (Å²) in [6, 6.07) is 47.5. The van der Waals surface area contributed by atoms with Crippen molar-refractivity contribution >= 4 is 54.4 Å². The second-order valence-corrected chi connectivity index (χ2v) is 13.0. The number of fused-ring (bicyclic) bond motifs is 11. The van der Waals surface area contributed by atoms with Crippen LogP contribution in [0, 0.1) is 0 Å². The van der Waals surface area contributed by atoms with Gasteiger partial charge in [-0.15, -0.1) is 0 Å². The van der Waals surface area contributed by atoms with E-state index in [4.69, 9.17) is 14.4 Å². The van der Waals surface area contributed by atoms with Crippen LogP contribution in [0.25, 0.3) is 88.2 Å². The van der Waals surface area contributed by atoms with Gasteiger partial charge in [-0.05, 0) is 62.7 Å². The molecule has 2 aromatic heterocycles. The maximum atomic E-state index is 6.60. The Morgan fingerprint density at radius 1 is 0.522 bits per heavy atom. The first-order valence-electron chi connectivity index (χ1n) is 15.8. The fourth-order valence-electron chi connectivity index (χ4n) is 7.79. The van der Waals surface area contributed by atoms with Crippen molar-refractivity contribution in [1.29, 1.82) is 0 Å². The number of hydrogen-bond donors (Lipinski definition) is 0. The van der Waals surface area contributed by atoms with E-state index in [-0.39, 0.29) is 5.41 Å². The van der Waals surface area contributed by atoms with Crippen molar-refractivity contribution in [1.82, 2.24) is 9.97 Å². The molecule has 0 aliphatic heterocycles. The van der Waals surface area contributed by atoms with E-state index in [1.807, 2.05) is 0 Å². The van der Waals surface area contributed by atoms with Gasteiger partial charge in [-0.25, -0.2) is 9.97 Å². The standard InChI is InChI=1S/C43H28N2O/c1-43(2)35-17-8-7-15-30(35)31-20-19-27(24-36(31)43)42-44-39(32-16-9-12-25-10-3-5-13-28(25)32)34-22-23-37-38(40(34)45-42)33-21-18-26-11-4-6-14-29(26)41(33)46-37/h3-24H,1-2H3. The lowest BCUT2D eigenvalue weighted by Gasteiger charge is -2.22. The highest BCUT2D eigenvalue weighted by molar-refractivity contribution is 6.23. The molecule has 0 N–H and O–H groups in total. The van der Waals surface area contributed by atoms with Crippen LogP contribution in [-0.4, -0.2) is 9.97 Å². The maximum absolute atomic E-state index is 6.60. The average Bonchev–Trinajstić information content (AvgIpc) is 3.60. The van der Waals surface area contributed by atoms with E-state index < -0.39 is 0 Å². The van der Waals surface area contributed by atoms with E-state index in [2.05, 4.69) is 147 Å². The largest absolute Gasteiger partial charge is 0.455 e. The van der Waals surface area contributed by atoms with Gasteiger partial charge in [0.05, 0.1) is 16.6 Å². The normalized spacial score (nSPS) is 13.6. The molecule has 0 unspecified atom stereocenters. The molecule has 3 nitrogen and oxygen atoms in total. The predicted octanol–water partition coefficient (Wildman–Crippen LogP) is 11.5. The van der Waals surface area contributed by atoms with E-state index in [9.17, 15) is 0 Å². The number of nitrogens with zero attached hydrogens (tertiary/aromatic N) is 2. The minimum atomic E-state index is -0.119. The molecule has 3 heteroatoms. The van der Waals surface area contributed by atoms with Gasteiger partial charge in [0.2, 0.25) is 0 Å². The Hall–Kier alpha value is -5.80. The SMILES string of the molecule is CC1(C)c2ccccc2-c2ccc(-c3nc(-c4cccc5ccccc45)c4ccc5oc6c7ccccc7ccc6c5c4n3)cc21. The van der Waals surface area contributed by atoms with Gasteiger partial charge in [0.1, 0.15) is 11.2 Å². The molecule has 1 aliphatic rings. The topological polar surface area (TPSA) is 38.9 Å². The number of benzene rings is 7. The van der Waals surface area contributed by atoms with E-state index in [0.717, 1.165) is 60.4 Å². The summed E-state index contributed by atoms with van der Waals surface area (Å²) in [4.78, 5) is 10.8. The summed E-state index contributed by atoms with van der Waals surface area (Å²) in [5.41, 5.74) is 10.8. The number of hydrogen-bond acceptors (Lipinski definition) is 3. The molecule has 0 atom stereocenters. The highest BCUT2D eigenvalue weighted by Gasteiger charge is 2.35. The molecule has 46 heavy (non-hydrogen) atoms. The first kappa shape index (κ1) is 25.5. The maximum Gasteiger partial charge on any atom is 0.160 e. The number of furan rings is 1.